The van der Waals surface area contributed by atoms with E-state index < -0.39 is 0 Å². The number of hydrogen-bond donors (Lipinski definition) is 1. The molecule has 110 valence electrons. The molecule has 1 aliphatic rings. The van der Waals surface area contributed by atoms with Gasteiger partial charge in [-0.1, -0.05) is 44.0 Å². The first kappa shape index (κ1) is 15.1. The van der Waals surface area contributed by atoms with Gasteiger partial charge in [-0.25, -0.2) is 0 Å². The average Bonchev–Trinajstić information content (AvgIpc) is 2.90. The maximum Gasteiger partial charge on any atom is 0.125 e. The van der Waals surface area contributed by atoms with Gasteiger partial charge in [-0.3, -0.25) is 0 Å². The molecule has 0 amide bonds. The minimum atomic E-state index is -0.0375. The van der Waals surface area contributed by atoms with Crippen LogP contribution in [0.25, 0.3) is 0 Å². The molecule has 3 rings (SSSR count). The Morgan fingerprint density at radius 2 is 2.05 bits per heavy atom. The Kier molecular flexibility index (Phi) is 4.38. The lowest BCUT2D eigenvalue weighted by Crippen LogP contribution is -2.14. The summed E-state index contributed by atoms with van der Waals surface area (Å²) in [5, 5.41) is 0. The quantitative estimate of drug-likeness (QED) is 0.795. The van der Waals surface area contributed by atoms with Crippen LogP contribution >= 0.6 is 31.9 Å². The van der Waals surface area contributed by atoms with Gasteiger partial charge in [0, 0.05) is 21.4 Å². The summed E-state index contributed by atoms with van der Waals surface area (Å²) in [7, 11) is 0. The lowest BCUT2D eigenvalue weighted by Gasteiger charge is -2.16. The number of fused-ring (bicyclic) bond motifs is 1. The molecule has 0 aromatic heterocycles. The third-order valence-electron chi connectivity index (χ3n) is 3.89. The fraction of sp³-hybridized carbons (Fsp3) is 0.294. The molecule has 2 nitrogen and oxygen atoms in total. The van der Waals surface area contributed by atoms with Crippen molar-refractivity contribution >= 4 is 31.9 Å². The topological polar surface area (TPSA) is 35.2 Å². The van der Waals surface area contributed by atoms with E-state index in [1.807, 2.05) is 0 Å². The zero-order valence-corrected chi connectivity index (χ0v) is 15.0. The van der Waals surface area contributed by atoms with Gasteiger partial charge in [0.05, 0.1) is 6.61 Å². The van der Waals surface area contributed by atoms with Gasteiger partial charge in [-0.15, -0.1) is 0 Å². The van der Waals surface area contributed by atoms with Crippen LogP contribution in [0.5, 0.6) is 5.75 Å². The predicted octanol–water partition coefficient (Wildman–Crippen LogP) is 4.70. The molecule has 1 aliphatic heterocycles. The van der Waals surface area contributed by atoms with Crippen molar-refractivity contribution in [3.05, 3.63) is 61.5 Å². The van der Waals surface area contributed by atoms with Gasteiger partial charge in [-0.2, -0.15) is 0 Å². The van der Waals surface area contributed by atoms with Crippen LogP contribution in [0.2, 0.25) is 0 Å². The maximum atomic E-state index is 6.40. The van der Waals surface area contributed by atoms with Gasteiger partial charge in [0.1, 0.15) is 5.75 Å². The maximum absolute atomic E-state index is 6.40. The smallest absolute Gasteiger partial charge is 0.125 e. The van der Waals surface area contributed by atoms with Gasteiger partial charge in [0.15, 0.2) is 0 Å². The molecular weight excluding hydrogens is 394 g/mol. The largest absolute Gasteiger partial charge is 0.493 e. The highest BCUT2D eigenvalue weighted by Crippen LogP contribution is 2.35. The van der Waals surface area contributed by atoms with Crippen LogP contribution in [0.15, 0.2) is 39.3 Å². The van der Waals surface area contributed by atoms with E-state index in [0.717, 1.165) is 39.7 Å². The first-order valence-electron chi connectivity index (χ1n) is 7.00. The van der Waals surface area contributed by atoms with Gasteiger partial charge >= 0.3 is 0 Å². The van der Waals surface area contributed by atoms with Crippen LogP contribution in [-0.2, 0) is 12.8 Å². The van der Waals surface area contributed by atoms with Gasteiger partial charge in [0.2, 0.25) is 0 Å². The molecule has 2 N–H and O–H groups in total. The summed E-state index contributed by atoms with van der Waals surface area (Å²) in [5.74, 6) is 1.03. The molecule has 0 radical (unpaired) electrons. The SMILES string of the molecule is Cc1ccc(C(N)Cc2cc(Br)cc3c2OCC3)cc1Br. The lowest BCUT2D eigenvalue weighted by atomic mass is 9.97. The van der Waals surface area contributed by atoms with E-state index in [0.29, 0.717) is 0 Å². The molecule has 1 unspecified atom stereocenters. The van der Waals surface area contributed by atoms with Crippen molar-refractivity contribution < 1.29 is 4.74 Å². The predicted molar refractivity (Wildman–Crippen MR) is 92.9 cm³/mol. The van der Waals surface area contributed by atoms with E-state index >= 15 is 0 Å². The fourth-order valence-electron chi connectivity index (χ4n) is 2.69. The molecule has 4 heteroatoms. The second kappa shape index (κ2) is 6.11. The molecular formula is C17H17Br2NO. The normalized spacial score (nSPS) is 14.7. The van der Waals surface area contributed by atoms with Crippen LogP contribution < -0.4 is 10.5 Å². The number of aryl methyl sites for hydroxylation is 1. The van der Waals surface area contributed by atoms with E-state index in [4.69, 9.17) is 10.5 Å². The highest BCUT2D eigenvalue weighted by Gasteiger charge is 2.19. The molecule has 1 atom stereocenters. The van der Waals surface area contributed by atoms with E-state index in [-0.39, 0.29) is 6.04 Å². The third kappa shape index (κ3) is 3.17. The molecule has 0 saturated carbocycles. The molecule has 2 aromatic carbocycles. The Balaban J connectivity index is 1.88. The molecule has 1 heterocycles. The van der Waals surface area contributed by atoms with Crippen LogP contribution in [-0.4, -0.2) is 6.61 Å². The van der Waals surface area contributed by atoms with Crippen molar-refractivity contribution in [3.8, 4) is 5.75 Å². The van der Waals surface area contributed by atoms with Crippen molar-refractivity contribution in [1.82, 2.24) is 0 Å². The summed E-state index contributed by atoms with van der Waals surface area (Å²) >= 11 is 7.15. The van der Waals surface area contributed by atoms with Crippen molar-refractivity contribution in [2.75, 3.05) is 6.61 Å². The number of benzene rings is 2. The Bertz CT molecular complexity index is 685. The highest BCUT2D eigenvalue weighted by molar-refractivity contribution is 9.10. The van der Waals surface area contributed by atoms with E-state index in [1.54, 1.807) is 0 Å². The summed E-state index contributed by atoms with van der Waals surface area (Å²) in [5.41, 5.74) is 11.2. The molecule has 21 heavy (non-hydrogen) atoms. The Labute approximate surface area is 141 Å². The zero-order chi connectivity index (χ0) is 15.0. The first-order chi connectivity index (χ1) is 10.0. The molecule has 0 bridgehead atoms. The van der Waals surface area contributed by atoms with E-state index in [2.05, 4.69) is 69.1 Å². The third-order valence-corrected chi connectivity index (χ3v) is 5.20. The summed E-state index contributed by atoms with van der Waals surface area (Å²) in [4.78, 5) is 0. The Morgan fingerprint density at radius 3 is 2.81 bits per heavy atom. The van der Waals surface area contributed by atoms with Gasteiger partial charge in [-0.05, 0) is 53.8 Å². The molecule has 2 aromatic rings. The van der Waals surface area contributed by atoms with Crippen molar-refractivity contribution in [2.24, 2.45) is 5.73 Å². The van der Waals surface area contributed by atoms with Crippen LogP contribution in [0.3, 0.4) is 0 Å². The van der Waals surface area contributed by atoms with E-state index in [9.17, 15) is 0 Å². The molecule has 0 saturated heterocycles. The van der Waals surface area contributed by atoms with E-state index in [1.165, 1.54) is 16.7 Å². The standard InChI is InChI=1S/C17H17Br2NO/c1-10-2-3-11(8-15(10)19)16(20)9-13-7-14(18)6-12-4-5-21-17(12)13/h2-3,6-8,16H,4-5,9,20H2,1H3. The summed E-state index contributed by atoms with van der Waals surface area (Å²) in [6.07, 6.45) is 1.75. The van der Waals surface area contributed by atoms with Crippen LogP contribution in [0.4, 0.5) is 0 Å². The molecule has 0 aliphatic carbocycles. The lowest BCUT2D eigenvalue weighted by molar-refractivity contribution is 0.352. The second-order valence-electron chi connectivity index (χ2n) is 5.47. The summed E-state index contributed by atoms with van der Waals surface area (Å²) < 4.78 is 7.98. The average molecular weight is 411 g/mol. The fourth-order valence-corrected chi connectivity index (χ4v) is 3.64. The Hall–Kier alpha value is -0.840. The number of halogens is 2. The Morgan fingerprint density at radius 1 is 1.24 bits per heavy atom. The zero-order valence-electron chi connectivity index (χ0n) is 11.8. The molecule has 0 spiro atoms. The van der Waals surface area contributed by atoms with Gasteiger partial charge in [0.25, 0.3) is 0 Å². The second-order valence-corrected chi connectivity index (χ2v) is 7.24. The minimum Gasteiger partial charge on any atom is -0.493 e. The van der Waals surface area contributed by atoms with Crippen LogP contribution in [0, 0.1) is 6.92 Å². The molecule has 0 fully saturated rings. The van der Waals surface area contributed by atoms with Crippen molar-refractivity contribution in [2.45, 2.75) is 25.8 Å². The summed E-state index contributed by atoms with van der Waals surface area (Å²) in [6.45, 7) is 2.85. The number of hydrogen-bond acceptors (Lipinski definition) is 2. The van der Waals surface area contributed by atoms with Gasteiger partial charge < -0.3 is 10.5 Å². The number of ether oxygens (including phenoxy) is 1. The minimum absolute atomic E-state index is 0.0375. The highest BCUT2D eigenvalue weighted by atomic mass is 79.9. The van der Waals surface area contributed by atoms with Crippen molar-refractivity contribution in [3.63, 3.8) is 0 Å². The van der Waals surface area contributed by atoms with Crippen molar-refractivity contribution in [1.29, 1.82) is 0 Å². The number of rotatable bonds is 3. The summed E-state index contributed by atoms with van der Waals surface area (Å²) in [6, 6.07) is 10.5. The number of nitrogens with two attached hydrogens (primary N) is 1. The monoisotopic (exact) mass is 409 g/mol. The first-order valence-corrected chi connectivity index (χ1v) is 8.59. The van der Waals surface area contributed by atoms with Crippen LogP contribution in [0.1, 0.15) is 28.3 Å².